The molecule has 1 N–H and O–H groups in total. The van der Waals surface area contributed by atoms with Crippen molar-refractivity contribution in [2.45, 2.75) is 6.92 Å². The number of rotatable bonds is 5. The number of hydrogen-bond acceptors (Lipinski definition) is 5. The van der Waals surface area contributed by atoms with E-state index in [4.69, 9.17) is 9.84 Å². The van der Waals surface area contributed by atoms with Gasteiger partial charge in [-0.15, -0.1) is 0 Å². The van der Waals surface area contributed by atoms with E-state index in [2.05, 4.69) is 38.5 Å². The number of nitrogens with zero attached hydrogens (tertiary/aromatic N) is 1. The van der Waals surface area contributed by atoms with Crippen LogP contribution in [0, 0.1) is 3.57 Å². The van der Waals surface area contributed by atoms with E-state index in [1.54, 1.807) is 25.1 Å². The normalized spacial score (nSPS) is 16.3. The van der Waals surface area contributed by atoms with Crippen LogP contribution in [-0.4, -0.2) is 40.3 Å². The van der Waals surface area contributed by atoms with Crippen LogP contribution in [-0.2, 0) is 9.59 Å². The Kier molecular flexibility index (Phi) is 6.09. The van der Waals surface area contributed by atoms with Gasteiger partial charge in [-0.25, -0.2) is 4.79 Å². The molecule has 1 aromatic rings. The maximum atomic E-state index is 12.2. The largest absolute Gasteiger partial charge is 0.480 e. The highest BCUT2D eigenvalue weighted by atomic mass is 127. The Hall–Kier alpha value is -1.07. The van der Waals surface area contributed by atoms with Crippen LogP contribution >= 0.6 is 50.3 Å². The molecule has 0 atom stereocenters. The summed E-state index contributed by atoms with van der Waals surface area (Å²) in [5, 5.41) is 8.45. The van der Waals surface area contributed by atoms with Crippen molar-refractivity contribution in [3.05, 3.63) is 30.6 Å². The third-order valence-corrected chi connectivity index (χ3v) is 4.97. The highest BCUT2D eigenvalue weighted by molar-refractivity contribution is 14.1. The fourth-order valence-corrected chi connectivity index (χ4v) is 4.45. The standard InChI is InChI=1S/C14H11BrINO5S/c1-2-17-13(20)10(23-14(17)21)4-7-3-8(16)5-9(15)12(7)22-6-11(18)19/h3-5H,2,6H2,1H3,(H,18,19)/b10-4+. The highest BCUT2D eigenvalue weighted by Gasteiger charge is 2.34. The van der Waals surface area contributed by atoms with Gasteiger partial charge in [0.15, 0.2) is 6.61 Å². The summed E-state index contributed by atoms with van der Waals surface area (Å²) in [4.78, 5) is 36.1. The lowest BCUT2D eigenvalue weighted by Crippen LogP contribution is -2.27. The lowest BCUT2D eigenvalue weighted by molar-refractivity contribution is -0.139. The number of thioether (sulfide) groups is 1. The number of likely N-dealkylation sites (N-methyl/N-ethyl adjacent to an activating group) is 1. The van der Waals surface area contributed by atoms with Crippen molar-refractivity contribution < 1.29 is 24.2 Å². The number of benzene rings is 1. The Bertz CT molecular complexity index is 721. The molecule has 1 aromatic carbocycles. The van der Waals surface area contributed by atoms with Crippen LogP contribution in [0.3, 0.4) is 0 Å². The molecular formula is C14H11BrINO5S. The number of carboxylic acids is 1. The van der Waals surface area contributed by atoms with E-state index < -0.39 is 12.6 Å². The molecular weight excluding hydrogens is 501 g/mol. The number of carboxylic acid groups (broad SMARTS) is 1. The third-order valence-electron chi connectivity index (χ3n) is 2.85. The molecule has 9 heteroatoms. The van der Waals surface area contributed by atoms with E-state index in [1.807, 2.05) is 0 Å². The first-order chi connectivity index (χ1) is 10.8. The molecule has 2 amide bonds. The van der Waals surface area contributed by atoms with Crippen molar-refractivity contribution in [2.24, 2.45) is 0 Å². The van der Waals surface area contributed by atoms with Crippen LogP contribution in [0.4, 0.5) is 4.79 Å². The molecule has 0 spiro atoms. The maximum Gasteiger partial charge on any atom is 0.341 e. The molecule has 1 aliphatic heterocycles. The summed E-state index contributed by atoms with van der Waals surface area (Å²) in [6.45, 7) is 1.53. The van der Waals surface area contributed by atoms with Gasteiger partial charge in [0, 0.05) is 15.7 Å². The average molecular weight is 512 g/mol. The maximum absolute atomic E-state index is 12.2. The second-order valence-corrected chi connectivity index (χ2v) is 7.51. The SMILES string of the molecule is CCN1C(=O)S/C(=C/c2cc(I)cc(Br)c2OCC(=O)O)C1=O. The first kappa shape index (κ1) is 18.3. The van der Waals surface area contributed by atoms with Gasteiger partial charge in [-0.3, -0.25) is 14.5 Å². The van der Waals surface area contributed by atoms with Crippen molar-refractivity contribution in [1.29, 1.82) is 0 Å². The number of ether oxygens (including phenoxy) is 1. The van der Waals surface area contributed by atoms with Crippen LogP contribution in [0.25, 0.3) is 6.08 Å². The number of amides is 2. The van der Waals surface area contributed by atoms with Crippen molar-refractivity contribution >= 4 is 73.5 Å². The van der Waals surface area contributed by atoms with Crippen molar-refractivity contribution in [3.8, 4) is 5.75 Å². The molecule has 1 fully saturated rings. The summed E-state index contributed by atoms with van der Waals surface area (Å²) in [5.41, 5.74) is 0.534. The zero-order valence-electron chi connectivity index (χ0n) is 11.8. The minimum absolute atomic E-state index is 0.283. The molecule has 0 bridgehead atoms. The van der Waals surface area contributed by atoms with Crippen LogP contribution in [0.2, 0.25) is 0 Å². The number of halogens is 2. The molecule has 0 aromatic heterocycles. The summed E-state index contributed by atoms with van der Waals surface area (Å²) >= 11 is 6.28. The van der Waals surface area contributed by atoms with Gasteiger partial charge < -0.3 is 9.84 Å². The molecule has 23 heavy (non-hydrogen) atoms. The highest BCUT2D eigenvalue weighted by Crippen LogP contribution is 2.37. The van der Waals surface area contributed by atoms with E-state index in [1.165, 1.54) is 0 Å². The molecule has 0 unspecified atom stereocenters. The molecule has 6 nitrogen and oxygen atoms in total. The van der Waals surface area contributed by atoms with Gasteiger partial charge >= 0.3 is 5.97 Å². The summed E-state index contributed by atoms with van der Waals surface area (Å²) in [5.74, 6) is -1.15. The average Bonchev–Trinajstić information content (AvgIpc) is 2.71. The number of hydrogen-bond donors (Lipinski definition) is 1. The first-order valence-corrected chi connectivity index (χ1v) is 9.11. The molecule has 0 aliphatic carbocycles. The second kappa shape index (κ2) is 7.67. The van der Waals surface area contributed by atoms with Gasteiger partial charge in [0.05, 0.1) is 9.38 Å². The predicted molar refractivity (Wildman–Crippen MR) is 98.3 cm³/mol. The lowest BCUT2D eigenvalue weighted by Gasteiger charge is -2.11. The van der Waals surface area contributed by atoms with Crippen LogP contribution in [0.1, 0.15) is 12.5 Å². The number of carbonyl (C=O) groups excluding carboxylic acids is 2. The fraction of sp³-hybridized carbons (Fsp3) is 0.214. The fourth-order valence-electron chi connectivity index (χ4n) is 1.89. The van der Waals surface area contributed by atoms with E-state index in [-0.39, 0.29) is 16.1 Å². The molecule has 1 heterocycles. The quantitative estimate of drug-likeness (QED) is 0.480. The van der Waals surface area contributed by atoms with Crippen molar-refractivity contribution in [1.82, 2.24) is 4.90 Å². The molecule has 2 rings (SSSR count). The Morgan fingerprint density at radius 1 is 1.48 bits per heavy atom. The third kappa shape index (κ3) is 4.27. The molecule has 0 radical (unpaired) electrons. The Labute approximate surface area is 158 Å². The number of carbonyl (C=O) groups is 3. The zero-order valence-corrected chi connectivity index (χ0v) is 16.4. The molecule has 1 saturated heterocycles. The van der Waals surface area contributed by atoms with Crippen LogP contribution < -0.4 is 4.74 Å². The summed E-state index contributed by atoms with van der Waals surface area (Å²) in [7, 11) is 0. The first-order valence-electron chi connectivity index (χ1n) is 6.42. The Morgan fingerprint density at radius 2 is 2.17 bits per heavy atom. The second-order valence-electron chi connectivity index (χ2n) is 4.41. The number of imide groups is 1. The molecule has 122 valence electrons. The zero-order chi connectivity index (χ0) is 17.1. The van der Waals surface area contributed by atoms with Gasteiger partial charge in [0.1, 0.15) is 5.75 Å². The van der Waals surface area contributed by atoms with Gasteiger partial charge in [-0.05, 0) is 75.4 Å². The van der Waals surface area contributed by atoms with Gasteiger partial charge in [0.2, 0.25) is 0 Å². The monoisotopic (exact) mass is 511 g/mol. The summed E-state index contributed by atoms with van der Waals surface area (Å²) in [6.07, 6.45) is 1.55. The van der Waals surface area contributed by atoms with E-state index in [0.29, 0.717) is 22.3 Å². The van der Waals surface area contributed by atoms with Crippen molar-refractivity contribution in [2.75, 3.05) is 13.2 Å². The smallest absolute Gasteiger partial charge is 0.341 e. The van der Waals surface area contributed by atoms with Crippen LogP contribution in [0.5, 0.6) is 5.75 Å². The summed E-state index contributed by atoms with van der Waals surface area (Å²) < 4.78 is 6.75. The van der Waals surface area contributed by atoms with E-state index in [9.17, 15) is 14.4 Å². The lowest BCUT2D eigenvalue weighted by atomic mass is 10.2. The van der Waals surface area contributed by atoms with E-state index >= 15 is 0 Å². The molecule has 1 aliphatic rings. The van der Waals surface area contributed by atoms with Gasteiger partial charge in [-0.2, -0.15) is 0 Å². The summed E-state index contributed by atoms with van der Waals surface area (Å²) in [6, 6.07) is 3.52. The van der Waals surface area contributed by atoms with Crippen molar-refractivity contribution in [3.63, 3.8) is 0 Å². The van der Waals surface area contributed by atoms with Crippen LogP contribution in [0.15, 0.2) is 21.5 Å². The number of aliphatic carboxylic acids is 1. The van der Waals surface area contributed by atoms with E-state index in [0.717, 1.165) is 20.2 Å². The topological polar surface area (TPSA) is 83.9 Å². The Morgan fingerprint density at radius 3 is 2.74 bits per heavy atom. The van der Waals surface area contributed by atoms with Gasteiger partial charge in [0.25, 0.3) is 11.1 Å². The Balaban J connectivity index is 2.42. The minimum atomic E-state index is -1.10. The predicted octanol–water partition coefficient (Wildman–Crippen LogP) is 3.57. The molecule has 0 saturated carbocycles. The van der Waals surface area contributed by atoms with Gasteiger partial charge in [-0.1, -0.05) is 0 Å². The minimum Gasteiger partial charge on any atom is -0.480 e.